The van der Waals surface area contributed by atoms with Crippen LogP contribution in [0.25, 0.3) is 16.9 Å². The van der Waals surface area contributed by atoms with Crippen LogP contribution in [0.5, 0.6) is 0 Å². The van der Waals surface area contributed by atoms with Gasteiger partial charge < -0.3 is 19.4 Å². The summed E-state index contributed by atoms with van der Waals surface area (Å²) in [7, 11) is 1.38. The highest BCUT2D eigenvalue weighted by atomic mass is 35.5. The minimum Gasteiger partial charge on any atom is -0.374 e. The fourth-order valence-corrected chi connectivity index (χ4v) is 4.20. The number of fused-ring (bicyclic) bond motifs is 1. The molecule has 3 heterocycles. The van der Waals surface area contributed by atoms with Gasteiger partial charge in [-0.15, -0.1) is 0 Å². The molecule has 0 bridgehead atoms. The second-order valence-electron chi connectivity index (χ2n) is 7.76. The molecule has 1 N–H and O–H groups in total. The molecule has 0 radical (unpaired) electrons. The second kappa shape index (κ2) is 9.44. The van der Waals surface area contributed by atoms with Gasteiger partial charge in [0.25, 0.3) is 5.91 Å². The van der Waals surface area contributed by atoms with Gasteiger partial charge in [0.05, 0.1) is 29.7 Å². The maximum absolute atomic E-state index is 15.1. The van der Waals surface area contributed by atoms with Crippen molar-refractivity contribution in [1.82, 2.24) is 19.6 Å². The van der Waals surface area contributed by atoms with Crippen LogP contribution in [0.4, 0.5) is 8.78 Å². The number of nitrogens with zero attached hydrogens (tertiary/aromatic N) is 3. The third-order valence-corrected chi connectivity index (χ3v) is 5.91. The summed E-state index contributed by atoms with van der Waals surface area (Å²) in [6, 6.07) is 5.21. The Labute approximate surface area is 194 Å². The van der Waals surface area contributed by atoms with Gasteiger partial charge in [-0.3, -0.25) is 9.59 Å². The highest BCUT2D eigenvalue weighted by Gasteiger charge is 2.28. The number of morpholine rings is 1. The van der Waals surface area contributed by atoms with Gasteiger partial charge in [0, 0.05) is 55.8 Å². The quantitative estimate of drug-likeness (QED) is 0.612. The maximum atomic E-state index is 15.1. The summed E-state index contributed by atoms with van der Waals surface area (Å²) in [5.41, 5.74) is 0.559. The van der Waals surface area contributed by atoms with E-state index < -0.39 is 17.5 Å². The Balaban J connectivity index is 1.79. The maximum Gasteiger partial charge on any atom is 0.251 e. The average Bonchev–Trinajstić information content (AvgIpc) is 3.14. The Hall–Kier alpha value is -3.04. The molecule has 33 heavy (non-hydrogen) atoms. The molecule has 1 fully saturated rings. The molecule has 7 nitrogen and oxygen atoms in total. The average molecular weight is 477 g/mol. The number of carbonyl (C=O) groups excluding carboxylic acids is 2. The van der Waals surface area contributed by atoms with E-state index in [0.29, 0.717) is 42.5 Å². The van der Waals surface area contributed by atoms with E-state index in [9.17, 15) is 9.59 Å². The van der Waals surface area contributed by atoms with Crippen LogP contribution in [0.1, 0.15) is 29.4 Å². The van der Waals surface area contributed by atoms with Crippen LogP contribution in [-0.2, 0) is 16.0 Å². The Morgan fingerprint density at radius 1 is 1.27 bits per heavy atom. The first-order valence-corrected chi connectivity index (χ1v) is 11.0. The molecule has 1 aromatic carbocycles. The number of amides is 2. The van der Waals surface area contributed by atoms with Crippen molar-refractivity contribution in [2.24, 2.45) is 0 Å². The number of halogens is 3. The first kappa shape index (κ1) is 23.1. The minimum absolute atomic E-state index is 0.0234. The number of carbonyl (C=O) groups is 2. The number of nitrogens with one attached hydrogen (secondary N) is 1. The number of imidazole rings is 1. The molecule has 0 aliphatic carbocycles. The van der Waals surface area contributed by atoms with Crippen molar-refractivity contribution >= 4 is 29.1 Å². The second-order valence-corrected chi connectivity index (χ2v) is 8.20. The van der Waals surface area contributed by atoms with E-state index in [1.165, 1.54) is 7.05 Å². The van der Waals surface area contributed by atoms with Crippen LogP contribution in [0.15, 0.2) is 30.5 Å². The fourth-order valence-electron chi connectivity index (χ4n) is 4.05. The van der Waals surface area contributed by atoms with Gasteiger partial charge in [-0.25, -0.2) is 13.8 Å². The SMILES string of the molecule is CCC(=O)N1CCO[C@@H](Cc2c(-c3c(F)cc(C(=O)NC)cc3F)nc3cc(Cl)ccn23)C1. The predicted octanol–water partition coefficient (Wildman–Crippen LogP) is 3.47. The molecule has 2 aromatic heterocycles. The van der Waals surface area contributed by atoms with Gasteiger partial charge in [-0.2, -0.15) is 0 Å². The molecule has 4 rings (SSSR count). The molecule has 3 aromatic rings. The molecule has 1 atom stereocenters. The number of benzene rings is 1. The van der Waals surface area contributed by atoms with E-state index in [0.717, 1.165) is 12.1 Å². The summed E-state index contributed by atoms with van der Waals surface area (Å²) < 4.78 is 37.8. The largest absolute Gasteiger partial charge is 0.374 e. The summed E-state index contributed by atoms with van der Waals surface area (Å²) >= 11 is 6.11. The molecular formula is C23H23ClF2N4O3. The van der Waals surface area contributed by atoms with Crippen molar-refractivity contribution in [2.45, 2.75) is 25.9 Å². The van der Waals surface area contributed by atoms with E-state index in [1.807, 2.05) is 0 Å². The Morgan fingerprint density at radius 3 is 2.67 bits per heavy atom. The Morgan fingerprint density at radius 2 is 2.00 bits per heavy atom. The minimum atomic E-state index is -0.906. The molecule has 2 amide bonds. The summed E-state index contributed by atoms with van der Waals surface area (Å²) in [5.74, 6) is -2.39. The standard InChI is InChI=1S/C23H23ClF2N4O3/c1-3-20(31)29-6-7-33-15(12-29)11-18-22(28-19-10-14(24)4-5-30(18)19)21-16(25)8-13(9-17(21)26)23(32)27-2/h4-5,8-10,15H,3,6-7,11-12H2,1-2H3,(H,27,32)/t15-/m0/s1. The zero-order chi connectivity index (χ0) is 23.7. The number of pyridine rings is 1. The molecule has 174 valence electrons. The highest BCUT2D eigenvalue weighted by molar-refractivity contribution is 6.30. The molecule has 0 unspecified atom stereocenters. The number of hydrogen-bond donors (Lipinski definition) is 1. The topological polar surface area (TPSA) is 75.9 Å². The van der Waals surface area contributed by atoms with Crippen molar-refractivity contribution in [2.75, 3.05) is 26.7 Å². The van der Waals surface area contributed by atoms with Crippen molar-refractivity contribution < 1.29 is 23.1 Å². The number of ether oxygens (including phenoxy) is 1. The van der Waals surface area contributed by atoms with Crippen LogP contribution in [-0.4, -0.2) is 58.9 Å². The van der Waals surface area contributed by atoms with Gasteiger partial charge in [-0.1, -0.05) is 18.5 Å². The lowest BCUT2D eigenvalue weighted by Gasteiger charge is -2.33. The van der Waals surface area contributed by atoms with Gasteiger partial charge in [0.2, 0.25) is 5.91 Å². The summed E-state index contributed by atoms with van der Waals surface area (Å²) in [5, 5.41) is 2.78. The normalized spacial score (nSPS) is 16.3. The fraction of sp³-hybridized carbons (Fsp3) is 0.348. The third kappa shape index (κ3) is 4.56. The van der Waals surface area contributed by atoms with E-state index in [2.05, 4.69) is 10.3 Å². The number of rotatable bonds is 5. The lowest BCUT2D eigenvalue weighted by Crippen LogP contribution is -2.46. The zero-order valence-corrected chi connectivity index (χ0v) is 19.0. The van der Waals surface area contributed by atoms with Crippen LogP contribution in [0, 0.1) is 11.6 Å². The molecule has 10 heteroatoms. The zero-order valence-electron chi connectivity index (χ0n) is 18.2. The molecule has 0 spiro atoms. The molecule has 1 aliphatic rings. The van der Waals surface area contributed by atoms with Crippen LogP contribution in [0.3, 0.4) is 0 Å². The summed E-state index contributed by atoms with van der Waals surface area (Å²) in [6.07, 6.45) is 1.96. The van der Waals surface area contributed by atoms with Gasteiger partial charge in [0.15, 0.2) is 0 Å². The van der Waals surface area contributed by atoms with Crippen molar-refractivity contribution in [3.05, 3.63) is 58.4 Å². The monoisotopic (exact) mass is 476 g/mol. The first-order chi connectivity index (χ1) is 15.8. The van der Waals surface area contributed by atoms with Gasteiger partial charge >= 0.3 is 0 Å². The number of aromatic nitrogens is 2. The van der Waals surface area contributed by atoms with Gasteiger partial charge in [0.1, 0.15) is 17.3 Å². The van der Waals surface area contributed by atoms with E-state index >= 15 is 8.78 Å². The molecular weight excluding hydrogens is 454 g/mol. The third-order valence-electron chi connectivity index (χ3n) is 5.67. The molecule has 1 aliphatic heterocycles. The van der Waals surface area contributed by atoms with E-state index in [-0.39, 0.29) is 35.3 Å². The van der Waals surface area contributed by atoms with Crippen LogP contribution in [0.2, 0.25) is 5.02 Å². The summed E-state index contributed by atoms with van der Waals surface area (Å²) in [6.45, 7) is 3.04. The van der Waals surface area contributed by atoms with Gasteiger partial charge in [-0.05, 0) is 18.2 Å². The van der Waals surface area contributed by atoms with Crippen molar-refractivity contribution in [3.8, 4) is 11.3 Å². The first-order valence-electron chi connectivity index (χ1n) is 10.6. The smallest absolute Gasteiger partial charge is 0.251 e. The van der Waals surface area contributed by atoms with E-state index in [4.69, 9.17) is 16.3 Å². The van der Waals surface area contributed by atoms with Crippen LogP contribution >= 0.6 is 11.6 Å². The van der Waals surface area contributed by atoms with Crippen LogP contribution < -0.4 is 5.32 Å². The lowest BCUT2D eigenvalue weighted by atomic mass is 10.0. The lowest BCUT2D eigenvalue weighted by molar-refractivity contribution is -0.138. The molecule has 1 saturated heterocycles. The predicted molar refractivity (Wildman–Crippen MR) is 119 cm³/mol. The Kier molecular flexibility index (Phi) is 6.62. The van der Waals surface area contributed by atoms with Crippen molar-refractivity contribution in [3.63, 3.8) is 0 Å². The van der Waals surface area contributed by atoms with E-state index in [1.54, 1.807) is 34.6 Å². The molecule has 0 saturated carbocycles. The summed E-state index contributed by atoms with van der Waals surface area (Å²) in [4.78, 5) is 30.2. The highest BCUT2D eigenvalue weighted by Crippen LogP contribution is 2.32. The Bertz CT molecular complexity index is 1210. The van der Waals surface area contributed by atoms with Crippen molar-refractivity contribution in [1.29, 1.82) is 0 Å². The number of hydrogen-bond acceptors (Lipinski definition) is 4.